The van der Waals surface area contributed by atoms with Gasteiger partial charge in [0.05, 0.1) is 11.1 Å². The van der Waals surface area contributed by atoms with Gasteiger partial charge in [-0.2, -0.15) is 0 Å². The zero-order valence-corrected chi connectivity index (χ0v) is 9.32. The predicted molar refractivity (Wildman–Crippen MR) is 60.3 cm³/mol. The Morgan fingerprint density at radius 1 is 1.41 bits per heavy atom. The van der Waals surface area contributed by atoms with Crippen LogP contribution in [0.25, 0.3) is 0 Å². The number of carbonyl (C=O) groups excluding carboxylic acids is 1. The van der Waals surface area contributed by atoms with E-state index in [4.69, 9.17) is 5.11 Å². The van der Waals surface area contributed by atoms with Crippen molar-refractivity contribution in [1.29, 1.82) is 0 Å². The van der Waals surface area contributed by atoms with E-state index in [2.05, 4.69) is 10.3 Å². The fourth-order valence-electron chi connectivity index (χ4n) is 2.97. The fourth-order valence-corrected chi connectivity index (χ4v) is 2.97. The molecule has 0 radical (unpaired) electrons. The topological polar surface area (TPSA) is 82.2 Å². The number of hydrogen-bond acceptors (Lipinski definition) is 3. The molecule has 1 aliphatic heterocycles. The van der Waals surface area contributed by atoms with E-state index in [9.17, 15) is 9.59 Å². The highest BCUT2D eigenvalue weighted by Gasteiger charge is 2.38. The van der Waals surface area contributed by atoms with Crippen LogP contribution in [0.15, 0.2) is 6.20 Å². The van der Waals surface area contributed by atoms with E-state index in [1.165, 1.54) is 6.20 Å². The highest BCUT2D eigenvalue weighted by atomic mass is 16.4. The third-order valence-corrected chi connectivity index (χ3v) is 3.88. The van der Waals surface area contributed by atoms with Crippen molar-refractivity contribution < 1.29 is 14.7 Å². The number of ketones is 1. The summed E-state index contributed by atoms with van der Waals surface area (Å²) in [6, 6.07) is 0. The van der Waals surface area contributed by atoms with Crippen LogP contribution in [0.3, 0.4) is 0 Å². The summed E-state index contributed by atoms with van der Waals surface area (Å²) in [5.41, 5.74) is 1.33. The molecule has 3 N–H and O–H groups in total. The summed E-state index contributed by atoms with van der Waals surface area (Å²) in [6.07, 6.45) is 3.14. The number of aromatic carboxylic acids is 1. The lowest BCUT2D eigenvalue weighted by Crippen LogP contribution is -2.22. The second-order valence-electron chi connectivity index (χ2n) is 4.79. The first-order valence-electron chi connectivity index (χ1n) is 5.87. The normalized spacial score (nSPS) is 27.4. The monoisotopic (exact) mass is 234 g/mol. The number of Topliss-reactive ketones (excluding diaryl/α,β-unsaturated/α-hetero) is 1. The van der Waals surface area contributed by atoms with Crippen LogP contribution in [0.5, 0.6) is 0 Å². The van der Waals surface area contributed by atoms with Gasteiger partial charge in [-0.15, -0.1) is 0 Å². The second kappa shape index (κ2) is 3.70. The molecule has 17 heavy (non-hydrogen) atoms. The lowest BCUT2D eigenvalue weighted by molar-refractivity contribution is 0.0690. The molecule has 90 valence electrons. The molecule has 3 rings (SSSR count). The average Bonchev–Trinajstić information content (AvgIpc) is 2.90. The number of rotatable bonds is 1. The maximum Gasteiger partial charge on any atom is 0.337 e. The molecule has 1 aliphatic carbocycles. The molecule has 2 atom stereocenters. The summed E-state index contributed by atoms with van der Waals surface area (Å²) in [5.74, 6) is -0.735. The first-order chi connectivity index (χ1) is 8.18. The highest BCUT2D eigenvalue weighted by molar-refractivity contribution is 6.08. The molecule has 1 aromatic heterocycles. The molecule has 5 nitrogen and oxygen atoms in total. The SMILES string of the molecule is O=C(O)c1c[nH]c2c1C(=O)C1CNCC1CC2. The van der Waals surface area contributed by atoms with E-state index >= 15 is 0 Å². The van der Waals surface area contributed by atoms with E-state index in [0.29, 0.717) is 18.0 Å². The van der Waals surface area contributed by atoms with Crippen molar-refractivity contribution in [2.75, 3.05) is 13.1 Å². The molecular weight excluding hydrogens is 220 g/mol. The van der Waals surface area contributed by atoms with E-state index in [1.54, 1.807) is 0 Å². The molecule has 0 bridgehead atoms. The van der Waals surface area contributed by atoms with Gasteiger partial charge in [-0.1, -0.05) is 0 Å². The summed E-state index contributed by atoms with van der Waals surface area (Å²) in [5, 5.41) is 12.3. The molecule has 0 aromatic carbocycles. The summed E-state index contributed by atoms with van der Waals surface area (Å²) in [7, 11) is 0. The molecule has 1 fully saturated rings. The van der Waals surface area contributed by atoms with Gasteiger partial charge in [0.15, 0.2) is 5.78 Å². The lowest BCUT2D eigenvalue weighted by atomic mass is 9.88. The number of carbonyl (C=O) groups is 2. The second-order valence-corrected chi connectivity index (χ2v) is 4.79. The van der Waals surface area contributed by atoms with Gasteiger partial charge >= 0.3 is 5.97 Å². The molecule has 1 saturated heterocycles. The first-order valence-corrected chi connectivity index (χ1v) is 5.87. The Kier molecular flexibility index (Phi) is 2.29. The number of hydrogen-bond donors (Lipinski definition) is 3. The van der Waals surface area contributed by atoms with Crippen molar-refractivity contribution in [3.8, 4) is 0 Å². The highest BCUT2D eigenvalue weighted by Crippen LogP contribution is 2.32. The standard InChI is InChI=1S/C12H14N2O3/c15-11-7-4-13-3-6(7)1-2-9-10(11)8(5-14-9)12(16)17/h5-7,13-14H,1-4H2,(H,16,17). The number of H-pyrrole nitrogens is 1. The molecule has 5 heteroatoms. The Bertz CT molecular complexity index is 492. The number of aromatic amines is 1. The van der Waals surface area contributed by atoms with Crippen LogP contribution in [-0.4, -0.2) is 34.9 Å². The van der Waals surface area contributed by atoms with E-state index in [0.717, 1.165) is 25.1 Å². The van der Waals surface area contributed by atoms with Crippen LogP contribution in [0.1, 0.15) is 32.8 Å². The third kappa shape index (κ3) is 1.50. The van der Waals surface area contributed by atoms with Crippen molar-refractivity contribution in [2.45, 2.75) is 12.8 Å². The maximum absolute atomic E-state index is 12.4. The van der Waals surface area contributed by atoms with Crippen LogP contribution < -0.4 is 5.32 Å². The van der Waals surface area contributed by atoms with E-state index in [1.807, 2.05) is 0 Å². The van der Waals surface area contributed by atoms with Crippen molar-refractivity contribution in [1.82, 2.24) is 10.3 Å². The molecule has 0 amide bonds. The molecule has 2 unspecified atom stereocenters. The van der Waals surface area contributed by atoms with Gasteiger partial charge in [0.1, 0.15) is 0 Å². The van der Waals surface area contributed by atoms with E-state index < -0.39 is 5.97 Å². The summed E-state index contributed by atoms with van der Waals surface area (Å²) < 4.78 is 0. The Morgan fingerprint density at radius 2 is 2.24 bits per heavy atom. The van der Waals surface area contributed by atoms with Gasteiger partial charge in [-0.3, -0.25) is 4.79 Å². The Labute approximate surface area is 98.2 Å². The lowest BCUT2D eigenvalue weighted by Gasteiger charge is -2.12. The van der Waals surface area contributed by atoms with Crippen molar-refractivity contribution in [3.05, 3.63) is 23.0 Å². The van der Waals surface area contributed by atoms with Gasteiger partial charge in [-0.25, -0.2) is 4.79 Å². The van der Waals surface area contributed by atoms with Crippen molar-refractivity contribution in [2.24, 2.45) is 11.8 Å². The molecular formula is C12H14N2O3. The van der Waals surface area contributed by atoms with Gasteiger partial charge in [0, 0.05) is 24.4 Å². The molecule has 1 aromatic rings. The van der Waals surface area contributed by atoms with Crippen LogP contribution in [0, 0.1) is 11.8 Å². The Hall–Kier alpha value is -1.62. The number of aromatic nitrogens is 1. The summed E-state index contributed by atoms with van der Waals surface area (Å²) in [6.45, 7) is 1.54. The number of nitrogens with one attached hydrogen (secondary N) is 2. The van der Waals surface area contributed by atoms with Gasteiger partial charge < -0.3 is 15.4 Å². The summed E-state index contributed by atoms with van der Waals surface area (Å²) in [4.78, 5) is 26.4. The van der Waals surface area contributed by atoms with Crippen LogP contribution in [0.4, 0.5) is 0 Å². The smallest absolute Gasteiger partial charge is 0.337 e. The van der Waals surface area contributed by atoms with Gasteiger partial charge in [-0.05, 0) is 25.3 Å². The number of carboxylic acids is 1. The number of fused-ring (bicyclic) bond motifs is 2. The van der Waals surface area contributed by atoms with Gasteiger partial charge in [0.2, 0.25) is 0 Å². The maximum atomic E-state index is 12.4. The largest absolute Gasteiger partial charge is 0.478 e. The molecule has 0 spiro atoms. The minimum Gasteiger partial charge on any atom is -0.478 e. The number of aryl methyl sites for hydroxylation is 1. The minimum absolute atomic E-state index is 0.00819. The quantitative estimate of drug-likeness (QED) is 0.667. The zero-order valence-electron chi connectivity index (χ0n) is 9.32. The average molecular weight is 234 g/mol. The van der Waals surface area contributed by atoms with Crippen LogP contribution in [0.2, 0.25) is 0 Å². The fraction of sp³-hybridized carbons (Fsp3) is 0.500. The molecule has 0 saturated carbocycles. The predicted octanol–water partition coefficient (Wildman–Crippen LogP) is 0.677. The van der Waals surface area contributed by atoms with Crippen LogP contribution in [-0.2, 0) is 6.42 Å². The minimum atomic E-state index is -1.03. The Balaban J connectivity index is 2.08. The Morgan fingerprint density at radius 3 is 3.00 bits per heavy atom. The van der Waals surface area contributed by atoms with E-state index in [-0.39, 0.29) is 17.3 Å². The molecule has 2 aliphatic rings. The first kappa shape index (κ1) is 10.5. The van der Waals surface area contributed by atoms with Crippen molar-refractivity contribution in [3.63, 3.8) is 0 Å². The third-order valence-electron chi connectivity index (χ3n) is 3.88. The van der Waals surface area contributed by atoms with Gasteiger partial charge in [0.25, 0.3) is 0 Å². The summed E-state index contributed by atoms with van der Waals surface area (Å²) >= 11 is 0. The van der Waals surface area contributed by atoms with Crippen molar-refractivity contribution >= 4 is 11.8 Å². The molecule has 2 heterocycles. The van der Waals surface area contributed by atoms with Crippen LogP contribution >= 0.6 is 0 Å². The zero-order chi connectivity index (χ0) is 12.0. The number of carboxylic acid groups (broad SMARTS) is 1.